The van der Waals surface area contributed by atoms with E-state index in [2.05, 4.69) is 44.1 Å². The molecule has 8 nitrogen and oxygen atoms in total. The lowest BCUT2D eigenvalue weighted by Gasteiger charge is -2.32. The molecule has 1 aliphatic heterocycles. The smallest absolute Gasteiger partial charge is 0.231 e. The van der Waals surface area contributed by atoms with Crippen LogP contribution in [-0.4, -0.2) is 58.5 Å². The fraction of sp³-hybridized carbons (Fsp3) is 0.476. The first-order chi connectivity index (χ1) is 14.1. The number of likely N-dealkylation sites (tertiary alicyclic amines) is 1. The number of aliphatic imine (C=N–C) groups is 1. The lowest BCUT2D eigenvalue weighted by Crippen LogP contribution is -2.49. The minimum atomic E-state index is -0.266. The molecular weight excluding hydrogens is 366 g/mol. The number of carbonyl (C=O) groups excluding carboxylic acids is 1. The molecule has 0 saturated carbocycles. The highest BCUT2D eigenvalue weighted by molar-refractivity contribution is 5.80. The Hall–Kier alpha value is -2.87. The molecule has 156 valence electrons. The zero-order valence-electron chi connectivity index (χ0n) is 17.1. The van der Waals surface area contributed by atoms with Gasteiger partial charge in [0.2, 0.25) is 5.91 Å². The number of nitrogens with two attached hydrogens (primary N) is 1. The van der Waals surface area contributed by atoms with Crippen LogP contribution in [0.15, 0.2) is 47.7 Å². The Bertz CT molecular complexity index is 794. The summed E-state index contributed by atoms with van der Waals surface area (Å²) in [7, 11) is 0. The molecule has 1 fully saturated rings. The van der Waals surface area contributed by atoms with Gasteiger partial charge >= 0.3 is 0 Å². The van der Waals surface area contributed by atoms with Crippen LogP contribution in [0.5, 0.6) is 0 Å². The van der Waals surface area contributed by atoms with E-state index in [-0.39, 0.29) is 5.91 Å². The van der Waals surface area contributed by atoms with Gasteiger partial charge in [0.25, 0.3) is 0 Å². The van der Waals surface area contributed by atoms with Gasteiger partial charge in [0.1, 0.15) is 12.4 Å². The minimum Gasteiger partial charge on any atom is -0.369 e. The number of carbonyl (C=O) groups is 1. The Kier molecular flexibility index (Phi) is 7.63. The summed E-state index contributed by atoms with van der Waals surface area (Å²) in [6.45, 7) is 6.21. The van der Waals surface area contributed by atoms with E-state index in [1.165, 1.54) is 5.56 Å². The molecule has 2 aromatic rings. The molecule has 1 amide bonds. The number of aromatic nitrogens is 2. The van der Waals surface area contributed by atoms with E-state index in [1.807, 2.05) is 30.6 Å². The lowest BCUT2D eigenvalue weighted by molar-refractivity contribution is -0.119. The first kappa shape index (κ1) is 20.9. The number of rotatable bonds is 8. The Morgan fingerprint density at radius 2 is 2.03 bits per heavy atom. The molecule has 8 heteroatoms. The molecular formula is C21H31N7O. The van der Waals surface area contributed by atoms with Crippen LogP contribution in [0, 0.1) is 0 Å². The topological polar surface area (TPSA) is 101 Å². The molecule has 0 unspecified atom stereocenters. The second-order valence-corrected chi connectivity index (χ2v) is 7.31. The number of imidazole rings is 1. The standard InChI is InChI=1S/C21H31N7O/c1-2-23-21(26-18-8-11-27(12-9-18)16-19(22)29)25-14-20-24-10-13-28(20)15-17-6-4-3-5-7-17/h3-7,10,13,18H,2,8-9,11-12,14-16H2,1H3,(H2,22,29)(H2,23,25,26). The first-order valence-electron chi connectivity index (χ1n) is 10.2. The maximum absolute atomic E-state index is 11.1. The second kappa shape index (κ2) is 10.6. The van der Waals surface area contributed by atoms with E-state index < -0.39 is 0 Å². The summed E-state index contributed by atoms with van der Waals surface area (Å²) < 4.78 is 2.13. The monoisotopic (exact) mass is 397 g/mol. The Balaban J connectivity index is 1.56. The lowest BCUT2D eigenvalue weighted by atomic mass is 10.1. The number of nitrogens with one attached hydrogen (secondary N) is 2. The molecule has 3 rings (SSSR count). The maximum atomic E-state index is 11.1. The van der Waals surface area contributed by atoms with Gasteiger partial charge < -0.3 is 20.9 Å². The van der Waals surface area contributed by atoms with E-state index >= 15 is 0 Å². The van der Waals surface area contributed by atoms with Gasteiger partial charge in [0.05, 0.1) is 6.54 Å². The van der Waals surface area contributed by atoms with Gasteiger partial charge in [0, 0.05) is 44.6 Å². The molecule has 0 aliphatic carbocycles. The molecule has 1 aromatic carbocycles. The number of guanidine groups is 1. The highest BCUT2D eigenvalue weighted by Gasteiger charge is 2.20. The summed E-state index contributed by atoms with van der Waals surface area (Å²) in [6, 6.07) is 10.7. The zero-order valence-corrected chi connectivity index (χ0v) is 17.1. The summed E-state index contributed by atoms with van der Waals surface area (Å²) in [5.74, 6) is 1.47. The number of piperidine rings is 1. The van der Waals surface area contributed by atoms with Gasteiger partial charge in [-0.3, -0.25) is 9.69 Å². The van der Waals surface area contributed by atoms with E-state index in [0.717, 1.165) is 50.8 Å². The molecule has 1 aromatic heterocycles. The predicted molar refractivity (Wildman–Crippen MR) is 114 cm³/mol. The second-order valence-electron chi connectivity index (χ2n) is 7.31. The number of amides is 1. The summed E-state index contributed by atoms with van der Waals surface area (Å²) in [5, 5.41) is 6.84. The van der Waals surface area contributed by atoms with Gasteiger partial charge in [-0.2, -0.15) is 0 Å². The van der Waals surface area contributed by atoms with Crippen molar-refractivity contribution in [2.24, 2.45) is 10.7 Å². The molecule has 2 heterocycles. The van der Waals surface area contributed by atoms with Crippen molar-refractivity contribution in [3.63, 3.8) is 0 Å². The van der Waals surface area contributed by atoms with Crippen molar-refractivity contribution < 1.29 is 4.79 Å². The fourth-order valence-electron chi connectivity index (χ4n) is 3.53. The van der Waals surface area contributed by atoms with E-state index in [4.69, 9.17) is 10.7 Å². The van der Waals surface area contributed by atoms with E-state index in [0.29, 0.717) is 19.1 Å². The van der Waals surface area contributed by atoms with Crippen LogP contribution in [0.4, 0.5) is 0 Å². The summed E-state index contributed by atoms with van der Waals surface area (Å²) >= 11 is 0. The third kappa shape index (κ3) is 6.60. The normalized spacial score (nSPS) is 16.0. The summed E-state index contributed by atoms with van der Waals surface area (Å²) in [5.41, 5.74) is 6.53. The van der Waals surface area contributed by atoms with Crippen molar-refractivity contribution in [1.29, 1.82) is 0 Å². The van der Waals surface area contributed by atoms with Crippen LogP contribution < -0.4 is 16.4 Å². The minimum absolute atomic E-state index is 0.266. The van der Waals surface area contributed by atoms with E-state index in [9.17, 15) is 4.79 Å². The van der Waals surface area contributed by atoms with Crippen molar-refractivity contribution in [2.45, 2.75) is 38.9 Å². The van der Waals surface area contributed by atoms with Gasteiger partial charge in [0.15, 0.2) is 5.96 Å². The molecule has 29 heavy (non-hydrogen) atoms. The van der Waals surface area contributed by atoms with Crippen LogP contribution in [0.3, 0.4) is 0 Å². The average Bonchev–Trinajstić information content (AvgIpc) is 3.15. The largest absolute Gasteiger partial charge is 0.369 e. The molecule has 1 saturated heterocycles. The van der Waals surface area contributed by atoms with Crippen LogP contribution in [0.25, 0.3) is 0 Å². The third-order valence-electron chi connectivity index (χ3n) is 5.03. The first-order valence-corrected chi connectivity index (χ1v) is 10.2. The van der Waals surface area contributed by atoms with Crippen LogP contribution in [0.1, 0.15) is 31.2 Å². The fourth-order valence-corrected chi connectivity index (χ4v) is 3.53. The Morgan fingerprint density at radius 3 is 2.72 bits per heavy atom. The van der Waals surface area contributed by atoms with Gasteiger partial charge in [-0.15, -0.1) is 0 Å². The van der Waals surface area contributed by atoms with Crippen molar-refractivity contribution in [3.05, 3.63) is 54.1 Å². The van der Waals surface area contributed by atoms with Gasteiger partial charge in [-0.1, -0.05) is 30.3 Å². The highest BCUT2D eigenvalue weighted by atomic mass is 16.1. The maximum Gasteiger partial charge on any atom is 0.231 e. The molecule has 0 radical (unpaired) electrons. The average molecular weight is 398 g/mol. The molecule has 0 bridgehead atoms. The number of primary amides is 1. The molecule has 0 atom stereocenters. The number of benzene rings is 1. The number of hydrogen-bond acceptors (Lipinski definition) is 4. The third-order valence-corrected chi connectivity index (χ3v) is 5.03. The van der Waals surface area contributed by atoms with Gasteiger partial charge in [-0.25, -0.2) is 9.98 Å². The van der Waals surface area contributed by atoms with Crippen molar-refractivity contribution >= 4 is 11.9 Å². The van der Waals surface area contributed by atoms with Crippen LogP contribution in [0.2, 0.25) is 0 Å². The van der Waals surface area contributed by atoms with E-state index in [1.54, 1.807) is 0 Å². The summed E-state index contributed by atoms with van der Waals surface area (Å²) in [4.78, 5) is 22.4. The SMILES string of the molecule is CCNC(=NCc1nccn1Cc1ccccc1)NC1CCN(CC(N)=O)CC1. The van der Waals surface area contributed by atoms with Crippen LogP contribution in [-0.2, 0) is 17.9 Å². The molecule has 4 N–H and O–H groups in total. The van der Waals surface area contributed by atoms with Crippen LogP contribution >= 0.6 is 0 Å². The number of nitrogens with zero attached hydrogens (tertiary/aromatic N) is 4. The molecule has 1 aliphatic rings. The van der Waals surface area contributed by atoms with Crippen molar-refractivity contribution in [1.82, 2.24) is 25.1 Å². The predicted octanol–water partition coefficient (Wildman–Crippen LogP) is 0.936. The highest BCUT2D eigenvalue weighted by Crippen LogP contribution is 2.10. The van der Waals surface area contributed by atoms with Crippen molar-refractivity contribution in [3.8, 4) is 0 Å². The zero-order chi connectivity index (χ0) is 20.5. The number of hydrogen-bond donors (Lipinski definition) is 3. The van der Waals surface area contributed by atoms with Gasteiger partial charge in [-0.05, 0) is 25.3 Å². The Morgan fingerprint density at radius 1 is 1.28 bits per heavy atom. The molecule has 0 spiro atoms. The Labute approximate surface area is 172 Å². The quantitative estimate of drug-likeness (QED) is 0.455. The van der Waals surface area contributed by atoms with Crippen molar-refractivity contribution in [2.75, 3.05) is 26.2 Å². The summed E-state index contributed by atoms with van der Waals surface area (Å²) in [6.07, 6.45) is 5.73.